The summed E-state index contributed by atoms with van der Waals surface area (Å²) in [5.41, 5.74) is 3.70. The molecule has 1 aromatic carbocycles. The summed E-state index contributed by atoms with van der Waals surface area (Å²) in [4.78, 5) is 10.5. The van der Waals surface area contributed by atoms with E-state index in [1.54, 1.807) is 6.07 Å². The van der Waals surface area contributed by atoms with Crippen molar-refractivity contribution in [1.29, 1.82) is 0 Å². The molecule has 0 radical (unpaired) electrons. The van der Waals surface area contributed by atoms with Gasteiger partial charge in [-0.15, -0.1) is 0 Å². The van der Waals surface area contributed by atoms with E-state index in [4.69, 9.17) is 0 Å². The molecular weight excluding hydrogens is 178 g/mol. The summed E-state index contributed by atoms with van der Waals surface area (Å²) in [6.45, 7) is 2.04. The Morgan fingerprint density at radius 1 is 1.21 bits per heavy atom. The molecule has 0 atom stereocenters. The first-order chi connectivity index (χ1) is 6.70. The van der Waals surface area contributed by atoms with Crippen LogP contribution in [0.3, 0.4) is 0 Å². The molecule has 0 saturated carbocycles. The van der Waals surface area contributed by atoms with Crippen molar-refractivity contribution in [3.05, 3.63) is 38.9 Å². The molecule has 2 rings (SSSR count). The summed E-state index contributed by atoms with van der Waals surface area (Å²) >= 11 is 0. The van der Waals surface area contributed by atoms with Crippen LogP contribution in [0.2, 0.25) is 0 Å². The zero-order valence-corrected chi connectivity index (χ0v) is 8.25. The lowest BCUT2D eigenvalue weighted by atomic mass is 9.87. The first-order valence-corrected chi connectivity index (χ1v) is 4.96. The van der Waals surface area contributed by atoms with Crippen LogP contribution >= 0.6 is 0 Å². The van der Waals surface area contributed by atoms with Crippen LogP contribution in [0, 0.1) is 17.0 Å². The molecule has 0 aliphatic heterocycles. The zero-order chi connectivity index (χ0) is 10.1. The lowest BCUT2D eigenvalue weighted by Crippen LogP contribution is -2.07. The number of nitrogens with zero attached hydrogens (tertiary/aromatic N) is 1. The van der Waals surface area contributed by atoms with Crippen LogP contribution in [0.5, 0.6) is 0 Å². The third-order valence-electron chi connectivity index (χ3n) is 2.94. The summed E-state index contributed by atoms with van der Waals surface area (Å²) in [5.74, 6) is 0. The fraction of sp³-hybridized carbons (Fsp3) is 0.455. The maximum absolute atomic E-state index is 10.8. The molecule has 1 aliphatic rings. The predicted octanol–water partition coefficient (Wildman–Crippen LogP) is 2.78. The number of rotatable bonds is 1. The van der Waals surface area contributed by atoms with Crippen LogP contribution in [0.1, 0.15) is 29.5 Å². The molecule has 0 N–H and O–H groups in total. The lowest BCUT2D eigenvalue weighted by molar-refractivity contribution is -0.385. The smallest absolute Gasteiger partial charge is 0.258 e. The van der Waals surface area contributed by atoms with Crippen LogP contribution < -0.4 is 0 Å². The minimum Gasteiger partial charge on any atom is -0.258 e. The van der Waals surface area contributed by atoms with Gasteiger partial charge in [-0.1, -0.05) is 6.07 Å². The van der Waals surface area contributed by atoms with Gasteiger partial charge in [0.25, 0.3) is 5.69 Å². The van der Waals surface area contributed by atoms with Gasteiger partial charge < -0.3 is 0 Å². The van der Waals surface area contributed by atoms with Gasteiger partial charge in [0.1, 0.15) is 0 Å². The molecule has 3 heteroatoms. The van der Waals surface area contributed by atoms with Crippen molar-refractivity contribution in [3.63, 3.8) is 0 Å². The van der Waals surface area contributed by atoms with Gasteiger partial charge in [-0.3, -0.25) is 10.1 Å². The fourth-order valence-corrected chi connectivity index (χ4v) is 2.20. The largest absolute Gasteiger partial charge is 0.272 e. The average Bonchev–Trinajstić information content (AvgIpc) is 2.18. The minimum absolute atomic E-state index is 0.260. The summed E-state index contributed by atoms with van der Waals surface area (Å²) in [5, 5.41) is 10.8. The second-order valence-electron chi connectivity index (χ2n) is 3.82. The Labute approximate surface area is 82.9 Å². The van der Waals surface area contributed by atoms with E-state index in [9.17, 15) is 10.1 Å². The molecule has 14 heavy (non-hydrogen) atoms. The summed E-state index contributed by atoms with van der Waals surface area (Å²) < 4.78 is 0. The Bertz CT molecular complexity index is 385. The van der Waals surface area contributed by atoms with Crippen LogP contribution in [-0.2, 0) is 12.8 Å². The van der Waals surface area contributed by atoms with Crippen molar-refractivity contribution >= 4 is 5.69 Å². The van der Waals surface area contributed by atoms with Gasteiger partial charge in [-0.2, -0.15) is 0 Å². The Kier molecular flexibility index (Phi) is 2.23. The van der Waals surface area contributed by atoms with Gasteiger partial charge in [0.15, 0.2) is 0 Å². The first-order valence-electron chi connectivity index (χ1n) is 4.96. The van der Waals surface area contributed by atoms with Gasteiger partial charge in [0.05, 0.1) is 4.92 Å². The number of hydrogen-bond acceptors (Lipinski definition) is 2. The van der Waals surface area contributed by atoms with Gasteiger partial charge >= 0.3 is 0 Å². The van der Waals surface area contributed by atoms with E-state index in [1.807, 2.05) is 13.0 Å². The molecule has 0 bridgehead atoms. The Morgan fingerprint density at radius 2 is 1.86 bits per heavy atom. The minimum atomic E-state index is -0.260. The summed E-state index contributed by atoms with van der Waals surface area (Å²) in [7, 11) is 0. The molecule has 3 nitrogen and oxygen atoms in total. The van der Waals surface area contributed by atoms with Crippen LogP contribution in [0.15, 0.2) is 12.1 Å². The molecule has 0 heterocycles. The molecule has 74 valence electrons. The maximum atomic E-state index is 10.8. The third kappa shape index (κ3) is 1.39. The topological polar surface area (TPSA) is 43.1 Å². The fourth-order valence-electron chi connectivity index (χ4n) is 2.20. The Hall–Kier alpha value is -1.38. The lowest BCUT2D eigenvalue weighted by Gasteiger charge is -2.17. The molecule has 0 aromatic heterocycles. The number of hydrogen-bond donors (Lipinski definition) is 0. The van der Waals surface area contributed by atoms with E-state index < -0.39 is 0 Å². The molecule has 1 aliphatic carbocycles. The second kappa shape index (κ2) is 3.40. The van der Waals surface area contributed by atoms with Crippen molar-refractivity contribution in [3.8, 4) is 0 Å². The number of aryl methyl sites for hydroxylation is 1. The Balaban J connectivity index is 2.59. The summed E-state index contributed by atoms with van der Waals surface area (Å²) in [6, 6.07) is 3.50. The standard InChI is InChI=1S/C11H13NO2/c1-8-6-7-11(12(13)14)10-5-3-2-4-9(8)10/h6-7H,2-5H2,1H3. The maximum Gasteiger partial charge on any atom is 0.272 e. The van der Waals surface area contributed by atoms with Crippen molar-refractivity contribution in [1.82, 2.24) is 0 Å². The summed E-state index contributed by atoms with van der Waals surface area (Å²) in [6.07, 6.45) is 4.11. The SMILES string of the molecule is Cc1ccc([N+](=O)[O-])c2c1CCCC2. The number of benzene rings is 1. The van der Waals surface area contributed by atoms with Crippen LogP contribution in [-0.4, -0.2) is 4.92 Å². The van der Waals surface area contributed by atoms with E-state index in [2.05, 4.69) is 0 Å². The van der Waals surface area contributed by atoms with Gasteiger partial charge in [-0.25, -0.2) is 0 Å². The van der Waals surface area contributed by atoms with E-state index in [1.165, 1.54) is 11.1 Å². The quantitative estimate of drug-likeness (QED) is 0.506. The second-order valence-corrected chi connectivity index (χ2v) is 3.82. The molecule has 0 fully saturated rings. The molecule has 0 saturated heterocycles. The van der Waals surface area contributed by atoms with Crippen molar-refractivity contribution in [2.45, 2.75) is 32.6 Å². The Morgan fingerprint density at radius 3 is 2.50 bits per heavy atom. The monoisotopic (exact) mass is 191 g/mol. The first kappa shape index (κ1) is 9.19. The van der Waals surface area contributed by atoms with Gasteiger partial charge in [-0.05, 0) is 43.7 Å². The highest BCUT2D eigenvalue weighted by molar-refractivity contribution is 5.50. The van der Waals surface area contributed by atoms with Crippen LogP contribution in [0.4, 0.5) is 5.69 Å². The van der Waals surface area contributed by atoms with E-state index in [0.29, 0.717) is 5.69 Å². The molecular formula is C11H13NO2. The van der Waals surface area contributed by atoms with Crippen molar-refractivity contribution in [2.75, 3.05) is 0 Å². The highest BCUT2D eigenvalue weighted by atomic mass is 16.6. The average molecular weight is 191 g/mol. The van der Waals surface area contributed by atoms with Crippen molar-refractivity contribution in [2.24, 2.45) is 0 Å². The normalized spacial score (nSPS) is 14.9. The molecule has 1 aromatic rings. The molecule has 0 unspecified atom stereocenters. The van der Waals surface area contributed by atoms with Gasteiger partial charge in [0, 0.05) is 11.6 Å². The third-order valence-corrected chi connectivity index (χ3v) is 2.94. The highest BCUT2D eigenvalue weighted by Gasteiger charge is 2.21. The number of nitro benzene ring substituents is 1. The highest BCUT2D eigenvalue weighted by Crippen LogP contribution is 2.31. The van der Waals surface area contributed by atoms with E-state index in [0.717, 1.165) is 31.2 Å². The van der Waals surface area contributed by atoms with E-state index in [-0.39, 0.29) is 4.92 Å². The predicted molar refractivity (Wildman–Crippen MR) is 54.5 cm³/mol. The van der Waals surface area contributed by atoms with Crippen LogP contribution in [0.25, 0.3) is 0 Å². The zero-order valence-electron chi connectivity index (χ0n) is 8.25. The van der Waals surface area contributed by atoms with E-state index >= 15 is 0 Å². The molecule has 0 spiro atoms. The number of fused-ring (bicyclic) bond motifs is 1. The number of nitro groups is 1. The van der Waals surface area contributed by atoms with Gasteiger partial charge in [0.2, 0.25) is 0 Å². The molecule has 0 amide bonds. The van der Waals surface area contributed by atoms with Crippen molar-refractivity contribution < 1.29 is 4.92 Å².